The molecule has 1 heterocycles. The van der Waals surface area contributed by atoms with Crippen molar-refractivity contribution in [2.45, 2.75) is 6.54 Å². The number of benzene rings is 1. The molecule has 3 nitrogen and oxygen atoms in total. The highest BCUT2D eigenvalue weighted by Crippen LogP contribution is 2.12. The van der Waals surface area contributed by atoms with E-state index in [2.05, 4.69) is 51.2 Å². The second-order valence-electron chi connectivity index (χ2n) is 3.26. The molecule has 0 unspecified atom stereocenters. The predicted molar refractivity (Wildman–Crippen MR) is 69.0 cm³/mol. The average molecular weight is 313 g/mol. The van der Waals surface area contributed by atoms with E-state index in [1.54, 1.807) is 0 Å². The Balaban J connectivity index is 2.29. The zero-order chi connectivity index (χ0) is 10.7. The fraction of sp³-hybridized carbons (Fsp3) is 0.182. The summed E-state index contributed by atoms with van der Waals surface area (Å²) in [5.41, 5.74) is 2.15. The Kier molecular flexibility index (Phi) is 3.37. The van der Waals surface area contributed by atoms with Crippen molar-refractivity contribution < 1.29 is 0 Å². The summed E-state index contributed by atoms with van der Waals surface area (Å²) in [7, 11) is 1.92. The SMILES string of the molecule is CNCc1ccn(-c2cccc(I)c2)n1. The van der Waals surface area contributed by atoms with E-state index >= 15 is 0 Å². The Bertz CT molecular complexity index is 451. The maximum atomic E-state index is 4.46. The van der Waals surface area contributed by atoms with Gasteiger partial charge in [-0.05, 0) is 53.9 Å². The highest BCUT2D eigenvalue weighted by Gasteiger charge is 2.00. The van der Waals surface area contributed by atoms with Crippen molar-refractivity contribution in [2.75, 3.05) is 7.05 Å². The molecule has 0 fully saturated rings. The minimum absolute atomic E-state index is 0.803. The molecular formula is C11H12IN3. The fourth-order valence-electron chi connectivity index (χ4n) is 1.40. The van der Waals surface area contributed by atoms with E-state index in [0.29, 0.717) is 0 Å². The monoisotopic (exact) mass is 313 g/mol. The van der Waals surface area contributed by atoms with Crippen LogP contribution >= 0.6 is 22.6 Å². The zero-order valence-corrected chi connectivity index (χ0v) is 10.6. The van der Waals surface area contributed by atoms with Gasteiger partial charge in [0.1, 0.15) is 0 Å². The number of rotatable bonds is 3. The molecule has 0 atom stereocenters. The summed E-state index contributed by atoms with van der Waals surface area (Å²) in [5.74, 6) is 0. The van der Waals surface area contributed by atoms with Crippen LogP contribution in [0.3, 0.4) is 0 Å². The Morgan fingerprint density at radius 1 is 1.40 bits per heavy atom. The van der Waals surface area contributed by atoms with Crippen molar-refractivity contribution in [1.82, 2.24) is 15.1 Å². The second-order valence-corrected chi connectivity index (χ2v) is 4.51. The number of hydrogen-bond acceptors (Lipinski definition) is 2. The summed E-state index contributed by atoms with van der Waals surface area (Å²) in [6.45, 7) is 0.803. The van der Waals surface area contributed by atoms with Crippen molar-refractivity contribution >= 4 is 22.6 Å². The lowest BCUT2D eigenvalue weighted by molar-refractivity contribution is 0.757. The third-order valence-corrected chi connectivity index (χ3v) is 2.75. The van der Waals surface area contributed by atoms with Crippen LogP contribution in [0.2, 0.25) is 0 Å². The van der Waals surface area contributed by atoms with Gasteiger partial charge in [0.2, 0.25) is 0 Å². The number of hydrogen-bond donors (Lipinski definition) is 1. The van der Waals surface area contributed by atoms with Crippen molar-refractivity contribution in [3.05, 3.63) is 45.8 Å². The molecule has 4 heteroatoms. The summed E-state index contributed by atoms with van der Waals surface area (Å²) >= 11 is 2.30. The van der Waals surface area contributed by atoms with Crippen molar-refractivity contribution in [1.29, 1.82) is 0 Å². The summed E-state index contributed by atoms with van der Waals surface area (Å²) < 4.78 is 3.12. The summed E-state index contributed by atoms with van der Waals surface area (Å²) in [4.78, 5) is 0. The van der Waals surface area contributed by atoms with Gasteiger partial charge < -0.3 is 5.32 Å². The van der Waals surface area contributed by atoms with Gasteiger partial charge >= 0.3 is 0 Å². The minimum atomic E-state index is 0.803. The molecule has 78 valence electrons. The Morgan fingerprint density at radius 3 is 3.00 bits per heavy atom. The van der Waals surface area contributed by atoms with E-state index < -0.39 is 0 Å². The highest BCUT2D eigenvalue weighted by molar-refractivity contribution is 14.1. The molecule has 1 aromatic carbocycles. The molecule has 0 amide bonds. The van der Waals surface area contributed by atoms with Crippen molar-refractivity contribution in [2.24, 2.45) is 0 Å². The smallest absolute Gasteiger partial charge is 0.0766 e. The van der Waals surface area contributed by atoms with Gasteiger partial charge in [-0.3, -0.25) is 0 Å². The lowest BCUT2D eigenvalue weighted by Crippen LogP contribution is -2.06. The lowest BCUT2D eigenvalue weighted by Gasteiger charge is -2.01. The highest BCUT2D eigenvalue weighted by atomic mass is 127. The maximum absolute atomic E-state index is 4.46. The van der Waals surface area contributed by atoms with Crippen LogP contribution in [0.5, 0.6) is 0 Å². The molecule has 0 saturated carbocycles. The average Bonchev–Trinajstić information content (AvgIpc) is 2.67. The molecule has 0 aliphatic carbocycles. The molecule has 15 heavy (non-hydrogen) atoms. The number of aromatic nitrogens is 2. The predicted octanol–water partition coefficient (Wildman–Crippen LogP) is 2.20. The van der Waals surface area contributed by atoms with Crippen LogP contribution in [0.25, 0.3) is 5.69 Å². The molecule has 2 aromatic rings. The van der Waals surface area contributed by atoms with E-state index in [9.17, 15) is 0 Å². The first-order chi connectivity index (χ1) is 7.29. The van der Waals surface area contributed by atoms with Gasteiger partial charge in [-0.1, -0.05) is 6.07 Å². The van der Waals surface area contributed by atoms with Crippen LogP contribution in [0, 0.1) is 3.57 Å². The van der Waals surface area contributed by atoms with Gasteiger partial charge in [0.05, 0.1) is 11.4 Å². The third kappa shape index (κ3) is 2.57. The molecule has 1 N–H and O–H groups in total. The van der Waals surface area contributed by atoms with E-state index in [-0.39, 0.29) is 0 Å². The summed E-state index contributed by atoms with van der Waals surface area (Å²) in [6.07, 6.45) is 1.98. The summed E-state index contributed by atoms with van der Waals surface area (Å²) in [5, 5.41) is 7.55. The molecule has 0 aliphatic heterocycles. The fourth-order valence-corrected chi connectivity index (χ4v) is 1.93. The van der Waals surface area contributed by atoms with E-state index in [0.717, 1.165) is 17.9 Å². The summed E-state index contributed by atoms with van der Waals surface area (Å²) in [6, 6.07) is 10.3. The Hall–Kier alpha value is -0.880. The maximum Gasteiger partial charge on any atom is 0.0766 e. The normalized spacial score (nSPS) is 10.5. The Morgan fingerprint density at radius 2 is 2.27 bits per heavy atom. The molecule has 0 spiro atoms. The zero-order valence-electron chi connectivity index (χ0n) is 8.44. The molecule has 0 bridgehead atoms. The first-order valence-electron chi connectivity index (χ1n) is 4.74. The van der Waals surface area contributed by atoms with E-state index in [4.69, 9.17) is 0 Å². The molecule has 0 radical (unpaired) electrons. The first kappa shape index (κ1) is 10.6. The Labute approximate surface area is 103 Å². The van der Waals surface area contributed by atoms with E-state index in [1.165, 1.54) is 3.57 Å². The van der Waals surface area contributed by atoms with Crippen LogP contribution in [0.15, 0.2) is 36.5 Å². The number of nitrogens with one attached hydrogen (secondary N) is 1. The third-order valence-electron chi connectivity index (χ3n) is 2.07. The largest absolute Gasteiger partial charge is 0.314 e. The molecule has 2 rings (SSSR count). The molecule has 0 aliphatic rings. The van der Waals surface area contributed by atoms with Gasteiger partial charge in [-0.15, -0.1) is 0 Å². The van der Waals surface area contributed by atoms with Gasteiger partial charge in [0.15, 0.2) is 0 Å². The molecule has 0 saturated heterocycles. The van der Waals surface area contributed by atoms with Gasteiger partial charge in [-0.2, -0.15) is 5.10 Å². The van der Waals surface area contributed by atoms with Crippen molar-refractivity contribution in [3.63, 3.8) is 0 Å². The van der Waals surface area contributed by atoms with Gasteiger partial charge in [0.25, 0.3) is 0 Å². The van der Waals surface area contributed by atoms with Crippen molar-refractivity contribution in [3.8, 4) is 5.69 Å². The van der Waals surface area contributed by atoms with Crippen LogP contribution in [-0.2, 0) is 6.54 Å². The van der Waals surface area contributed by atoms with Crippen LogP contribution in [-0.4, -0.2) is 16.8 Å². The van der Waals surface area contributed by atoms with Gasteiger partial charge in [0, 0.05) is 16.3 Å². The number of halogens is 1. The minimum Gasteiger partial charge on any atom is -0.314 e. The topological polar surface area (TPSA) is 29.9 Å². The van der Waals surface area contributed by atoms with Crippen LogP contribution < -0.4 is 5.32 Å². The lowest BCUT2D eigenvalue weighted by atomic mass is 10.3. The van der Waals surface area contributed by atoms with Gasteiger partial charge in [-0.25, -0.2) is 4.68 Å². The molecule has 1 aromatic heterocycles. The van der Waals surface area contributed by atoms with Crippen LogP contribution in [0.1, 0.15) is 5.69 Å². The van der Waals surface area contributed by atoms with E-state index in [1.807, 2.05) is 30.1 Å². The second kappa shape index (κ2) is 4.76. The number of nitrogens with zero attached hydrogens (tertiary/aromatic N) is 2. The quantitative estimate of drug-likeness (QED) is 0.881. The standard InChI is InChI=1S/C11H12IN3/c1-13-8-10-5-6-15(14-10)11-4-2-3-9(12)7-11/h2-7,13H,8H2,1H3. The van der Waals surface area contributed by atoms with Crippen LogP contribution in [0.4, 0.5) is 0 Å². The molecular weight excluding hydrogens is 301 g/mol. The first-order valence-corrected chi connectivity index (χ1v) is 5.82.